The number of nitrogens with one attached hydrogen (secondary N) is 1. The largest absolute Gasteiger partial charge is 0.345 e. The molecule has 1 aromatic heterocycles. The molecular formula is C15H27N5O. The lowest BCUT2D eigenvalue weighted by Gasteiger charge is -2.25. The van der Waals surface area contributed by atoms with Crippen LogP contribution >= 0.6 is 0 Å². The van der Waals surface area contributed by atoms with Gasteiger partial charge in [-0.25, -0.2) is 0 Å². The molecule has 1 amide bonds. The van der Waals surface area contributed by atoms with E-state index in [2.05, 4.69) is 20.1 Å². The molecule has 0 saturated carbocycles. The maximum atomic E-state index is 12.3. The highest BCUT2D eigenvalue weighted by atomic mass is 16.2. The molecule has 1 aliphatic rings. The molecule has 0 spiro atoms. The number of rotatable bonds is 5. The molecule has 2 rings (SSSR count). The minimum Gasteiger partial charge on any atom is -0.345 e. The van der Waals surface area contributed by atoms with E-state index in [0.717, 1.165) is 43.9 Å². The fourth-order valence-electron chi connectivity index (χ4n) is 2.89. The van der Waals surface area contributed by atoms with E-state index in [1.165, 1.54) is 6.42 Å². The van der Waals surface area contributed by atoms with E-state index in [1.54, 1.807) is 6.92 Å². The molecule has 6 nitrogen and oxygen atoms in total. The molecule has 2 atom stereocenters. The fraction of sp³-hybridized carbons (Fsp3) is 0.800. The highest BCUT2D eigenvalue weighted by molar-refractivity contribution is 5.85. The highest BCUT2D eigenvalue weighted by Crippen LogP contribution is 2.19. The van der Waals surface area contributed by atoms with Crippen LogP contribution in [0.3, 0.4) is 0 Å². The van der Waals surface area contributed by atoms with E-state index < -0.39 is 5.54 Å². The fourth-order valence-corrected chi connectivity index (χ4v) is 2.89. The Labute approximate surface area is 126 Å². The quantitative estimate of drug-likeness (QED) is 0.865. The first kappa shape index (κ1) is 15.9. The standard InChI is InChI=1S/C15H27N5O/c1-4-9-15(3,16)14(21)17-11(2)13-19-18-12-8-6-5-7-10-20(12)13/h11H,4-10,16H2,1-3H3,(H,17,21). The van der Waals surface area contributed by atoms with Crippen LogP contribution in [0, 0.1) is 0 Å². The summed E-state index contributed by atoms with van der Waals surface area (Å²) in [5, 5.41) is 11.5. The molecule has 0 aromatic carbocycles. The number of carbonyl (C=O) groups excluding carboxylic acids is 1. The van der Waals surface area contributed by atoms with Crippen LogP contribution in [0.15, 0.2) is 0 Å². The van der Waals surface area contributed by atoms with Gasteiger partial charge in [-0.2, -0.15) is 0 Å². The van der Waals surface area contributed by atoms with Gasteiger partial charge in [-0.05, 0) is 33.1 Å². The first-order valence-electron chi connectivity index (χ1n) is 7.97. The number of hydrogen-bond donors (Lipinski definition) is 2. The maximum absolute atomic E-state index is 12.3. The summed E-state index contributed by atoms with van der Waals surface area (Å²) >= 11 is 0. The molecule has 118 valence electrons. The second-order valence-electron chi connectivity index (χ2n) is 6.30. The van der Waals surface area contributed by atoms with Crippen molar-refractivity contribution >= 4 is 5.91 Å². The van der Waals surface area contributed by atoms with E-state index in [0.29, 0.717) is 6.42 Å². The topological polar surface area (TPSA) is 85.8 Å². The van der Waals surface area contributed by atoms with Gasteiger partial charge in [0.15, 0.2) is 5.82 Å². The Hall–Kier alpha value is -1.43. The molecular weight excluding hydrogens is 266 g/mol. The molecule has 0 saturated heterocycles. The van der Waals surface area contributed by atoms with Crippen LogP contribution in [0.25, 0.3) is 0 Å². The Morgan fingerprint density at radius 3 is 2.90 bits per heavy atom. The van der Waals surface area contributed by atoms with Crippen LogP contribution in [0.2, 0.25) is 0 Å². The number of aromatic nitrogens is 3. The van der Waals surface area contributed by atoms with Crippen LogP contribution in [0.5, 0.6) is 0 Å². The van der Waals surface area contributed by atoms with Crippen molar-refractivity contribution in [2.75, 3.05) is 0 Å². The van der Waals surface area contributed by atoms with E-state index >= 15 is 0 Å². The number of fused-ring (bicyclic) bond motifs is 1. The number of nitrogens with two attached hydrogens (primary N) is 1. The van der Waals surface area contributed by atoms with Crippen LogP contribution in [0.4, 0.5) is 0 Å². The Bertz CT molecular complexity index is 494. The molecule has 1 aromatic rings. The summed E-state index contributed by atoms with van der Waals surface area (Å²) < 4.78 is 2.16. The summed E-state index contributed by atoms with van der Waals surface area (Å²) in [6, 6.07) is -0.170. The highest BCUT2D eigenvalue weighted by Gasteiger charge is 2.30. The van der Waals surface area contributed by atoms with E-state index in [1.807, 2.05) is 13.8 Å². The predicted molar refractivity (Wildman–Crippen MR) is 81.6 cm³/mol. The van der Waals surface area contributed by atoms with Crippen LogP contribution in [-0.4, -0.2) is 26.2 Å². The van der Waals surface area contributed by atoms with Gasteiger partial charge in [-0.1, -0.05) is 19.8 Å². The molecule has 2 unspecified atom stereocenters. The van der Waals surface area contributed by atoms with Gasteiger partial charge in [0.05, 0.1) is 11.6 Å². The zero-order chi connectivity index (χ0) is 15.5. The molecule has 21 heavy (non-hydrogen) atoms. The summed E-state index contributed by atoms with van der Waals surface area (Å²) in [4.78, 5) is 12.3. The number of amides is 1. The average Bonchev–Trinajstić information content (AvgIpc) is 2.68. The van der Waals surface area contributed by atoms with Gasteiger partial charge in [0.25, 0.3) is 0 Å². The molecule has 2 heterocycles. The molecule has 1 aliphatic heterocycles. The van der Waals surface area contributed by atoms with E-state index in [4.69, 9.17) is 5.73 Å². The lowest BCUT2D eigenvalue weighted by Crippen LogP contribution is -2.52. The van der Waals surface area contributed by atoms with Crippen LogP contribution in [-0.2, 0) is 17.8 Å². The lowest BCUT2D eigenvalue weighted by atomic mass is 9.96. The first-order chi connectivity index (χ1) is 9.95. The zero-order valence-corrected chi connectivity index (χ0v) is 13.4. The molecule has 6 heteroatoms. The van der Waals surface area contributed by atoms with Crippen molar-refractivity contribution < 1.29 is 4.79 Å². The molecule has 0 radical (unpaired) electrons. The minimum atomic E-state index is -0.829. The third kappa shape index (κ3) is 3.61. The number of hydrogen-bond acceptors (Lipinski definition) is 4. The molecule has 3 N–H and O–H groups in total. The van der Waals surface area contributed by atoms with Gasteiger partial charge in [0.2, 0.25) is 5.91 Å². The van der Waals surface area contributed by atoms with E-state index in [9.17, 15) is 4.79 Å². The molecule has 0 bridgehead atoms. The van der Waals surface area contributed by atoms with Crippen molar-refractivity contribution in [1.82, 2.24) is 20.1 Å². The maximum Gasteiger partial charge on any atom is 0.240 e. The van der Waals surface area contributed by atoms with Crippen molar-refractivity contribution in [3.63, 3.8) is 0 Å². The van der Waals surface area contributed by atoms with E-state index in [-0.39, 0.29) is 11.9 Å². The number of nitrogens with zero attached hydrogens (tertiary/aromatic N) is 3. The predicted octanol–water partition coefficient (Wildman–Crippen LogP) is 1.70. The summed E-state index contributed by atoms with van der Waals surface area (Å²) in [6.45, 7) is 6.69. The average molecular weight is 293 g/mol. The van der Waals surface area contributed by atoms with Gasteiger partial charge in [-0.3, -0.25) is 4.79 Å². The second kappa shape index (κ2) is 6.56. The van der Waals surface area contributed by atoms with Crippen molar-refractivity contribution in [2.45, 2.75) is 77.4 Å². The Kier molecular flexibility index (Phi) is 4.98. The van der Waals surface area contributed by atoms with Gasteiger partial charge in [0.1, 0.15) is 5.82 Å². The summed E-state index contributed by atoms with van der Waals surface area (Å²) in [5.74, 6) is 1.75. The SMILES string of the molecule is CCCC(C)(N)C(=O)NC(C)c1nnc2n1CCCCC2. The second-order valence-corrected chi connectivity index (χ2v) is 6.30. The van der Waals surface area contributed by atoms with Crippen molar-refractivity contribution in [2.24, 2.45) is 5.73 Å². The minimum absolute atomic E-state index is 0.122. The number of carbonyl (C=O) groups is 1. The third-order valence-corrected chi connectivity index (χ3v) is 4.16. The zero-order valence-electron chi connectivity index (χ0n) is 13.4. The van der Waals surface area contributed by atoms with Gasteiger partial charge >= 0.3 is 0 Å². The van der Waals surface area contributed by atoms with Gasteiger partial charge < -0.3 is 15.6 Å². The van der Waals surface area contributed by atoms with Crippen molar-refractivity contribution in [3.8, 4) is 0 Å². The third-order valence-electron chi connectivity index (χ3n) is 4.16. The Morgan fingerprint density at radius 2 is 2.19 bits per heavy atom. The smallest absolute Gasteiger partial charge is 0.240 e. The monoisotopic (exact) mass is 293 g/mol. The van der Waals surface area contributed by atoms with Gasteiger partial charge in [0, 0.05) is 13.0 Å². The first-order valence-corrected chi connectivity index (χ1v) is 7.97. The summed E-state index contributed by atoms with van der Waals surface area (Å²) in [7, 11) is 0. The van der Waals surface area contributed by atoms with Crippen LogP contribution in [0.1, 0.15) is 70.6 Å². The lowest BCUT2D eigenvalue weighted by molar-refractivity contribution is -0.126. The summed E-state index contributed by atoms with van der Waals surface area (Å²) in [6.07, 6.45) is 6.05. The molecule has 0 fully saturated rings. The van der Waals surface area contributed by atoms with Crippen molar-refractivity contribution in [1.29, 1.82) is 0 Å². The number of aryl methyl sites for hydroxylation is 1. The Morgan fingerprint density at radius 1 is 1.43 bits per heavy atom. The van der Waals surface area contributed by atoms with Crippen LogP contribution < -0.4 is 11.1 Å². The normalized spacial score (nSPS) is 19.2. The molecule has 0 aliphatic carbocycles. The Balaban J connectivity index is 2.09. The van der Waals surface area contributed by atoms with Gasteiger partial charge in [-0.15, -0.1) is 10.2 Å². The summed E-state index contributed by atoms with van der Waals surface area (Å²) in [5.41, 5.74) is 5.25. The van der Waals surface area contributed by atoms with Crippen molar-refractivity contribution in [3.05, 3.63) is 11.6 Å².